The third-order valence-corrected chi connectivity index (χ3v) is 8.12. The van der Waals surface area contributed by atoms with Crippen molar-refractivity contribution in [2.45, 2.75) is 96.3 Å². The fourth-order valence-corrected chi connectivity index (χ4v) is 6.06. The van der Waals surface area contributed by atoms with Crippen LogP contribution in [0.5, 0.6) is 0 Å². The summed E-state index contributed by atoms with van der Waals surface area (Å²) in [4.78, 5) is 0. The average Bonchev–Trinajstić information content (AvgIpc) is 2.80. The lowest BCUT2D eigenvalue weighted by Crippen LogP contribution is -2.14. The van der Waals surface area contributed by atoms with Crippen LogP contribution in [0.3, 0.4) is 0 Å². The van der Waals surface area contributed by atoms with E-state index in [1.54, 1.807) is 6.07 Å². The monoisotopic (exact) mass is 406 g/mol. The second-order valence-electron chi connectivity index (χ2n) is 9.99. The fourth-order valence-electron chi connectivity index (χ4n) is 6.06. The quantitative estimate of drug-likeness (QED) is 0.448. The molecule has 30 heavy (non-hydrogen) atoms. The first-order valence-electron chi connectivity index (χ1n) is 12.6. The Bertz CT molecular complexity index is 790. The highest BCUT2D eigenvalue weighted by Gasteiger charge is 2.24. The van der Waals surface area contributed by atoms with Gasteiger partial charge in [-0.25, -0.2) is 4.39 Å². The van der Waals surface area contributed by atoms with Crippen LogP contribution in [0.15, 0.2) is 42.5 Å². The van der Waals surface area contributed by atoms with Crippen molar-refractivity contribution in [3.63, 3.8) is 0 Å². The van der Waals surface area contributed by atoms with Crippen LogP contribution in [0.4, 0.5) is 4.39 Å². The van der Waals surface area contributed by atoms with Gasteiger partial charge < -0.3 is 0 Å². The number of rotatable bonds is 6. The Balaban J connectivity index is 1.41. The SMILES string of the molecule is CCCC1CCC(c2ccc(-c3ccc(C4CCC(CC)CC4)cc3)cc2F)CC1. The van der Waals surface area contributed by atoms with Gasteiger partial charge in [0.2, 0.25) is 0 Å². The maximum atomic E-state index is 15.0. The van der Waals surface area contributed by atoms with Crippen molar-refractivity contribution < 1.29 is 4.39 Å². The molecule has 0 nitrogen and oxygen atoms in total. The van der Waals surface area contributed by atoms with Crippen molar-refractivity contribution in [1.82, 2.24) is 0 Å². The Morgan fingerprint density at radius 3 is 1.90 bits per heavy atom. The molecule has 0 bridgehead atoms. The van der Waals surface area contributed by atoms with Gasteiger partial charge >= 0.3 is 0 Å². The van der Waals surface area contributed by atoms with Gasteiger partial charge in [-0.2, -0.15) is 0 Å². The Labute approximate surface area is 183 Å². The molecule has 0 aromatic heterocycles. The zero-order chi connectivity index (χ0) is 20.9. The predicted molar refractivity (Wildman–Crippen MR) is 126 cm³/mol. The van der Waals surface area contributed by atoms with E-state index in [1.807, 2.05) is 0 Å². The molecule has 162 valence electrons. The van der Waals surface area contributed by atoms with E-state index in [2.05, 4.69) is 50.2 Å². The molecule has 0 unspecified atom stereocenters. The highest BCUT2D eigenvalue weighted by Crippen LogP contribution is 2.40. The molecule has 0 N–H and O–H groups in total. The van der Waals surface area contributed by atoms with Crippen molar-refractivity contribution in [2.24, 2.45) is 11.8 Å². The van der Waals surface area contributed by atoms with E-state index < -0.39 is 0 Å². The van der Waals surface area contributed by atoms with Gasteiger partial charge in [-0.15, -0.1) is 0 Å². The normalized spacial score (nSPS) is 27.2. The molecule has 2 aliphatic rings. The number of benzene rings is 2. The molecule has 2 fully saturated rings. The van der Waals surface area contributed by atoms with Crippen LogP contribution >= 0.6 is 0 Å². The van der Waals surface area contributed by atoms with E-state index in [1.165, 1.54) is 63.4 Å². The smallest absolute Gasteiger partial charge is 0.127 e. The Kier molecular flexibility index (Phi) is 7.28. The second kappa shape index (κ2) is 10.1. The van der Waals surface area contributed by atoms with Crippen molar-refractivity contribution in [2.75, 3.05) is 0 Å². The lowest BCUT2D eigenvalue weighted by atomic mass is 9.77. The van der Waals surface area contributed by atoms with Gasteiger partial charge in [-0.1, -0.05) is 69.5 Å². The van der Waals surface area contributed by atoms with Crippen LogP contribution in [0.25, 0.3) is 11.1 Å². The summed E-state index contributed by atoms with van der Waals surface area (Å²) >= 11 is 0. The Hall–Kier alpha value is -1.63. The third kappa shape index (κ3) is 4.98. The summed E-state index contributed by atoms with van der Waals surface area (Å²) in [5.41, 5.74) is 4.56. The van der Waals surface area contributed by atoms with E-state index >= 15 is 4.39 Å². The average molecular weight is 407 g/mol. The zero-order valence-corrected chi connectivity index (χ0v) is 19.0. The summed E-state index contributed by atoms with van der Waals surface area (Å²) in [6, 6.07) is 14.9. The first-order valence-corrected chi connectivity index (χ1v) is 12.6. The van der Waals surface area contributed by atoms with E-state index in [-0.39, 0.29) is 5.82 Å². The zero-order valence-electron chi connectivity index (χ0n) is 19.0. The van der Waals surface area contributed by atoms with Crippen molar-refractivity contribution in [3.05, 3.63) is 59.4 Å². The largest absolute Gasteiger partial charge is 0.207 e. The van der Waals surface area contributed by atoms with Gasteiger partial charge in [0, 0.05) is 0 Å². The highest BCUT2D eigenvalue weighted by molar-refractivity contribution is 5.64. The molecule has 0 atom stereocenters. The van der Waals surface area contributed by atoms with Crippen molar-refractivity contribution in [1.29, 1.82) is 0 Å². The summed E-state index contributed by atoms with van der Waals surface area (Å²) in [5.74, 6) is 2.91. The highest BCUT2D eigenvalue weighted by atomic mass is 19.1. The molecule has 0 saturated heterocycles. The maximum Gasteiger partial charge on any atom is 0.127 e. The first-order chi connectivity index (χ1) is 14.7. The minimum absolute atomic E-state index is 0.00611. The molecular formula is C29H39F. The molecule has 0 spiro atoms. The standard InChI is InChI=1S/C29H39F/c1-3-5-22-8-12-26(13-9-22)28-19-18-27(20-29(28)30)25-16-14-24(15-17-25)23-10-6-21(4-2)7-11-23/h14-23,26H,3-13H2,1-2H3. The van der Waals surface area contributed by atoms with Crippen LogP contribution < -0.4 is 0 Å². The summed E-state index contributed by atoms with van der Waals surface area (Å²) in [6.07, 6.45) is 14.2. The van der Waals surface area contributed by atoms with Crippen molar-refractivity contribution in [3.8, 4) is 11.1 Å². The molecule has 2 aliphatic carbocycles. The molecular weight excluding hydrogens is 367 g/mol. The van der Waals surface area contributed by atoms with Gasteiger partial charge in [0.15, 0.2) is 0 Å². The lowest BCUT2D eigenvalue weighted by Gasteiger charge is -2.29. The van der Waals surface area contributed by atoms with Crippen LogP contribution in [0.2, 0.25) is 0 Å². The summed E-state index contributed by atoms with van der Waals surface area (Å²) in [6.45, 7) is 4.59. The van der Waals surface area contributed by atoms with Crippen molar-refractivity contribution >= 4 is 0 Å². The Morgan fingerprint density at radius 1 is 0.700 bits per heavy atom. The first kappa shape index (κ1) is 21.6. The fraction of sp³-hybridized carbons (Fsp3) is 0.586. The van der Waals surface area contributed by atoms with E-state index in [0.717, 1.165) is 41.4 Å². The number of hydrogen-bond donors (Lipinski definition) is 0. The van der Waals surface area contributed by atoms with Crippen LogP contribution in [-0.4, -0.2) is 0 Å². The van der Waals surface area contributed by atoms with Gasteiger partial charge in [-0.3, -0.25) is 0 Å². The minimum atomic E-state index is -0.00611. The van der Waals surface area contributed by atoms with Gasteiger partial charge in [0.1, 0.15) is 5.82 Å². The molecule has 2 aromatic carbocycles. The molecule has 0 radical (unpaired) electrons. The molecule has 0 aliphatic heterocycles. The minimum Gasteiger partial charge on any atom is -0.207 e. The van der Waals surface area contributed by atoms with Gasteiger partial charge in [-0.05, 0) is 103 Å². The summed E-state index contributed by atoms with van der Waals surface area (Å²) < 4.78 is 15.0. The van der Waals surface area contributed by atoms with E-state index in [0.29, 0.717) is 11.8 Å². The van der Waals surface area contributed by atoms with Crippen LogP contribution in [-0.2, 0) is 0 Å². The Morgan fingerprint density at radius 2 is 1.30 bits per heavy atom. The molecule has 0 amide bonds. The van der Waals surface area contributed by atoms with E-state index in [9.17, 15) is 0 Å². The summed E-state index contributed by atoms with van der Waals surface area (Å²) in [7, 11) is 0. The molecule has 2 aromatic rings. The molecule has 2 saturated carbocycles. The molecule has 1 heteroatoms. The molecule has 0 heterocycles. The predicted octanol–water partition coefficient (Wildman–Crippen LogP) is 9.25. The van der Waals surface area contributed by atoms with Gasteiger partial charge in [0.05, 0.1) is 0 Å². The van der Waals surface area contributed by atoms with Gasteiger partial charge in [0.25, 0.3) is 0 Å². The van der Waals surface area contributed by atoms with E-state index in [4.69, 9.17) is 0 Å². The maximum absolute atomic E-state index is 15.0. The van der Waals surface area contributed by atoms with Crippen LogP contribution in [0, 0.1) is 17.7 Å². The third-order valence-electron chi connectivity index (χ3n) is 8.12. The lowest BCUT2D eigenvalue weighted by molar-refractivity contribution is 0.304. The van der Waals surface area contributed by atoms with Crippen LogP contribution in [0.1, 0.15) is 107 Å². The number of hydrogen-bond acceptors (Lipinski definition) is 0. The topological polar surface area (TPSA) is 0 Å². The number of halogens is 1. The molecule has 4 rings (SSSR count). The second-order valence-corrected chi connectivity index (χ2v) is 9.99. The summed E-state index contributed by atoms with van der Waals surface area (Å²) in [5, 5.41) is 0.